The van der Waals surface area contributed by atoms with Gasteiger partial charge < -0.3 is 10.4 Å². The van der Waals surface area contributed by atoms with Crippen LogP contribution in [0, 0.1) is 0 Å². The first-order chi connectivity index (χ1) is 13.1. The van der Waals surface area contributed by atoms with Gasteiger partial charge in [0.2, 0.25) is 0 Å². The maximum absolute atomic E-state index is 12.1. The van der Waals surface area contributed by atoms with Crippen LogP contribution in [0.25, 0.3) is 0 Å². The third kappa shape index (κ3) is 5.18. The number of nitrogens with one attached hydrogen (secondary N) is 3. The lowest BCUT2D eigenvalue weighted by molar-refractivity contribution is 0.923. The summed E-state index contributed by atoms with van der Waals surface area (Å²) in [7, 11) is 0. The Labute approximate surface area is 162 Å². The molecule has 27 heavy (non-hydrogen) atoms. The molecule has 0 aliphatic rings. The highest BCUT2D eigenvalue weighted by Crippen LogP contribution is 2.13. The fourth-order valence-corrected chi connectivity index (χ4v) is 2.76. The van der Waals surface area contributed by atoms with Crippen LogP contribution in [-0.4, -0.2) is 28.7 Å². The van der Waals surface area contributed by atoms with Gasteiger partial charge in [0.05, 0.1) is 17.5 Å². The minimum Gasteiger partial charge on any atom is -0.385 e. The molecule has 1 aromatic heterocycles. The molecule has 3 rings (SSSR count). The molecule has 0 saturated heterocycles. The summed E-state index contributed by atoms with van der Waals surface area (Å²) >= 11 is 5.88. The van der Waals surface area contributed by atoms with E-state index in [1.165, 1.54) is 0 Å². The lowest BCUT2D eigenvalue weighted by Gasteiger charge is -2.06. The Kier molecular flexibility index (Phi) is 6.22. The number of hydrogen-bond acceptors (Lipinski definition) is 4. The Bertz CT molecular complexity index is 987. The SMILES string of the molecule is CC(=NN=Cc1ccccc1)c1c(CCNc2ccc(Cl)cc2)[nH][nH]c1=O. The second kappa shape index (κ2) is 9.00. The van der Waals surface area contributed by atoms with Crippen molar-refractivity contribution in [3.8, 4) is 0 Å². The summed E-state index contributed by atoms with van der Waals surface area (Å²) in [5, 5.41) is 17.8. The minimum absolute atomic E-state index is 0.201. The highest BCUT2D eigenvalue weighted by molar-refractivity contribution is 6.30. The Morgan fingerprint density at radius 3 is 2.59 bits per heavy atom. The van der Waals surface area contributed by atoms with Gasteiger partial charge in [-0.3, -0.25) is 9.89 Å². The van der Waals surface area contributed by atoms with E-state index in [9.17, 15) is 4.79 Å². The van der Waals surface area contributed by atoms with Gasteiger partial charge >= 0.3 is 0 Å². The zero-order chi connectivity index (χ0) is 19.1. The number of rotatable bonds is 7. The molecule has 7 heteroatoms. The van der Waals surface area contributed by atoms with E-state index in [1.54, 1.807) is 13.1 Å². The van der Waals surface area contributed by atoms with Crippen LogP contribution in [0.3, 0.4) is 0 Å². The number of halogens is 1. The van der Waals surface area contributed by atoms with E-state index in [0.29, 0.717) is 29.3 Å². The second-order valence-corrected chi connectivity index (χ2v) is 6.39. The first-order valence-electron chi connectivity index (χ1n) is 8.55. The Hall–Kier alpha value is -3.12. The quantitative estimate of drug-likeness (QED) is 0.429. The molecule has 0 saturated carbocycles. The largest absolute Gasteiger partial charge is 0.385 e. The van der Waals surface area contributed by atoms with Crippen LogP contribution in [0.15, 0.2) is 69.6 Å². The molecule has 0 radical (unpaired) electrons. The third-order valence-corrected chi connectivity index (χ3v) is 4.23. The van der Waals surface area contributed by atoms with E-state index in [4.69, 9.17) is 11.6 Å². The summed E-state index contributed by atoms with van der Waals surface area (Å²) in [5.74, 6) is 0. The van der Waals surface area contributed by atoms with E-state index in [-0.39, 0.29) is 5.56 Å². The first kappa shape index (κ1) is 18.7. The molecule has 3 N–H and O–H groups in total. The van der Waals surface area contributed by atoms with Crippen molar-refractivity contribution in [2.24, 2.45) is 10.2 Å². The molecule has 0 amide bonds. The zero-order valence-corrected chi connectivity index (χ0v) is 15.6. The monoisotopic (exact) mass is 381 g/mol. The molecule has 0 aliphatic heterocycles. The van der Waals surface area contributed by atoms with Crippen LogP contribution in [-0.2, 0) is 6.42 Å². The number of anilines is 1. The van der Waals surface area contributed by atoms with Crippen LogP contribution in [0.5, 0.6) is 0 Å². The second-order valence-electron chi connectivity index (χ2n) is 5.96. The third-order valence-electron chi connectivity index (χ3n) is 3.98. The molecule has 6 nitrogen and oxygen atoms in total. The van der Waals surface area contributed by atoms with Gasteiger partial charge in [-0.15, -0.1) is 0 Å². The molecule has 0 aliphatic carbocycles. The smallest absolute Gasteiger partial charge is 0.273 e. The molecule has 0 fully saturated rings. The number of hydrogen-bond donors (Lipinski definition) is 3. The van der Waals surface area contributed by atoms with Crippen molar-refractivity contribution in [3.05, 3.63) is 86.8 Å². The summed E-state index contributed by atoms with van der Waals surface area (Å²) in [6.45, 7) is 2.43. The van der Waals surface area contributed by atoms with Gasteiger partial charge in [0.1, 0.15) is 0 Å². The highest BCUT2D eigenvalue weighted by atomic mass is 35.5. The van der Waals surface area contributed by atoms with E-state index in [2.05, 4.69) is 25.7 Å². The maximum Gasteiger partial charge on any atom is 0.273 e. The highest BCUT2D eigenvalue weighted by Gasteiger charge is 2.12. The van der Waals surface area contributed by atoms with Crippen LogP contribution in [0.4, 0.5) is 5.69 Å². The zero-order valence-electron chi connectivity index (χ0n) is 14.9. The fraction of sp³-hybridized carbons (Fsp3) is 0.150. The predicted molar refractivity (Wildman–Crippen MR) is 111 cm³/mol. The standard InChI is InChI=1S/C20H20ClN5O/c1-14(24-23-13-15-5-3-2-4-6-15)19-18(25-26-20(19)27)11-12-22-17-9-7-16(21)8-10-17/h2-10,13,22H,11-12H2,1H3,(H2,25,26,27). The summed E-state index contributed by atoms with van der Waals surface area (Å²) in [6, 6.07) is 17.2. The summed E-state index contributed by atoms with van der Waals surface area (Å²) in [4.78, 5) is 12.1. The van der Waals surface area contributed by atoms with Crippen LogP contribution >= 0.6 is 11.6 Å². The normalized spacial score (nSPS) is 11.9. The number of aromatic amines is 2. The van der Waals surface area contributed by atoms with Crippen molar-refractivity contribution < 1.29 is 0 Å². The van der Waals surface area contributed by atoms with E-state index < -0.39 is 0 Å². The molecule has 0 spiro atoms. The topological polar surface area (TPSA) is 85.4 Å². The van der Waals surface area contributed by atoms with Gasteiger partial charge in [-0.25, -0.2) is 0 Å². The lowest BCUT2D eigenvalue weighted by atomic mass is 10.1. The minimum atomic E-state index is -0.201. The summed E-state index contributed by atoms with van der Waals surface area (Å²) in [6.07, 6.45) is 2.29. The predicted octanol–water partition coefficient (Wildman–Crippen LogP) is 3.85. The number of benzene rings is 2. The summed E-state index contributed by atoms with van der Waals surface area (Å²) < 4.78 is 0. The van der Waals surface area contributed by atoms with Gasteiger partial charge in [-0.1, -0.05) is 41.9 Å². The van der Waals surface area contributed by atoms with Gasteiger partial charge in [-0.05, 0) is 36.8 Å². The molecule has 1 heterocycles. The molecular formula is C20H20ClN5O. The first-order valence-corrected chi connectivity index (χ1v) is 8.93. The molecular weight excluding hydrogens is 362 g/mol. The van der Waals surface area contributed by atoms with Crippen molar-refractivity contribution in [1.82, 2.24) is 10.2 Å². The van der Waals surface area contributed by atoms with Crippen LogP contribution in [0.2, 0.25) is 5.02 Å². The fourth-order valence-electron chi connectivity index (χ4n) is 2.64. The van der Waals surface area contributed by atoms with Crippen molar-refractivity contribution >= 4 is 29.2 Å². The van der Waals surface area contributed by atoms with Crippen molar-refractivity contribution in [1.29, 1.82) is 0 Å². The average molecular weight is 382 g/mol. The van der Waals surface area contributed by atoms with Crippen molar-refractivity contribution in [2.45, 2.75) is 13.3 Å². The Morgan fingerprint density at radius 2 is 1.85 bits per heavy atom. The number of nitrogens with zero attached hydrogens (tertiary/aromatic N) is 2. The molecule has 0 bridgehead atoms. The number of H-pyrrole nitrogens is 2. The van der Waals surface area contributed by atoms with Crippen LogP contribution < -0.4 is 10.9 Å². The molecule has 3 aromatic rings. The number of aromatic nitrogens is 2. The molecule has 0 atom stereocenters. The maximum atomic E-state index is 12.1. The molecule has 138 valence electrons. The molecule has 2 aromatic carbocycles. The van der Waals surface area contributed by atoms with Crippen LogP contribution in [0.1, 0.15) is 23.7 Å². The summed E-state index contributed by atoms with van der Waals surface area (Å²) in [5.41, 5.74) is 3.59. The van der Waals surface area contributed by atoms with Gasteiger partial charge in [0.25, 0.3) is 5.56 Å². The van der Waals surface area contributed by atoms with Gasteiger partial charge in [0.15, 0.2) is 0 Å². The Morgan fingerprint density at radius 1 is 1.11 bits per heavy atom. The van der Waals surface area contributed by atoms with Gasteiger partial charge in [0, 0.05) is 29.4 Å². The van der Waals surface area contributed by atoms with Crippen molar-refractivity contribution in [2.75, 3.05) is 11.9 Å². The van der Waals surface area contributed by atoms with E-state index >= 15 is 0 Å². The Balaban J connectivity index is 1.66. The lowest BCUT2D eigenvalue weighted by Crippen LogP contribution is -2.14. The van der Waals surface area contributed by atoms with Gasteiger partial charge in [-0.2, -0.15) is 10.2 Å². The average Bonchev–Trinajstić information content (AvgIpc) is 3.05. The van der Waals surface area contributed by atoms with E-state index in [0.717, 1.165) is 16.9 Å². The van der Waals surface area contributed by atoms with E-state index in [1.807, 2.05) is 54.6 Å². The van der Waals surface area contributed by atoms with Crippen molar-refractivity contribution in [3.63, 3.8) is 0 Å². The molecule has 0 unspecified atom stereocenters.